The van der Waals surface area contributed by atoms with E-state index in [0.29, 0.717) is 23.8 Å². The van der Waals surface area contributed by atoms with Gasteiger partial charge in [0.1, 0.15) is 5.82 Å². The maximum atomic E-state index is 13.3. The van der Waals surface area contributed by atoms with Crippen molar-refractivity contribution >= 4 is 56.4 Å². The maximum absolute atomic E-state index is 13.3. The Labute approximate surface area is 217 Å². The van der Waals surface area contributed by atoms with E-state index in [1.807, 2.05) is 36.7 Å². The van der Waals surface area contributed by atoms with Crippen LogP contribution in [0.1, 0.15) is 62.5 Å². The summed E-state index contributed by atoms with van der Waals surface area (Å²) in [6, 6.07) is 10.1. The third kappa shape index (κ3) is 5.86. The molecule has 0 bridgehead atoms. The average molecular weight is 564 g/mol. The fraction of sp³-hybridized carbons (Fsp3) is 0.423. The number of anilines is 1. The molecule has 1 aliphatic carbocycles. The van der Waals surface area contributed by atoms with Gasteiger partial charge in [-0.3, -0.25) is 14.3 Å². The predicted octanol–water partition coefficient (Wildman–Crippen LogP) is 6.51. The molecule has 1 saturated carbocycles. The van der Waals surface area contributed by atoms with Gasteiger partial charge in [-0.15, -0.1) is 0 Å². The average Bonchev–Trinajstić information content (AvgIpc) is 3.20. The van der Waals surface area contributed by atoms with E-state index < -0.39 is 5.82 Å². The number of carbonyl (C=O) groups is 2. The lowest BCUT2D eigenvalue weighted by Gasteiger charge is -2.30. The van der Waals surface area contributed by atoms with Crippen molar-refractivity contribution < 1.29 is 14.0 Å². The quantitative estimate of drug-likeness (QED) is 0.318. The molecule has 186 valence electrons. The van der Waals surface area contributed by atoms with Crippen molar-refractivity contribution in [1.82, 2.24) is 15.1 Å². The first-order valence-electron chi connectivity index (χ1n) is 11.9. The van der Waals surface area contributed by atoms with E-state index in [2.05, 4.69) is 26.3 Å². The normalized spacial score (nSPS) is 18.1. The van der Waals surface area contributed by atoms with E-state index in [1.54, 1.807) is 0 Å². The molecule has 4 rings (SSSR count). The van der Waals surface area contributed by atoms with Crippen LogP contribution in [0.4, 0.5) is 10.1 Å². The van der Waals surface area contributed by atoms with E-state index >= 15 is 0 Å². The zero-order chi connectivity index (χ0) is 25.1. The molecule has 0 atom stereocenters. The van der Waals surface area contributed by atoms with Crippen molar-refractivity contribution in [1.29, 1.82) is 0 Å². The second-order valence-corrected chi connectivity index (χ2v) is 10.7. The summed E-state index contributed by atoms with van der Waals surface area (Å²) in [5.74, 6) is -0.122. The summed E-state index contributed by atoms with van der Waals surface area (Å²) in [5.41, 5.74) is 1.91. The van der Waals surface area contributed by atoms with Crippen LogP contribution < -0.4 is 10.2 Å². The van der Waals surface area contributed by atoms with E-state index in [4.69, 9.17) is 11.6 Å². The summed E-state index contributed by atoms with van der Waals surface area (Å²) in [4.78, 5) is 26.2. The minimum Gasteiger partial charge on any atom is -0.348 e. The lowest BCUT2D eigenvalue weighted by molar-refractivity contribution is -0.107. The SMILES string of the molecule is CC(C)n1nc(C(=O)NC2CCC(CCN(C=O)c3ccc(F)cc3Cl)CC2)c2ccc(Br)cc21. The van der Waals surface area contributed by atoms with Gasteiger partial charge in [0.25, 0.3) is 5.91 Å². The number of aromatic nitrogens is 2. The highest BCUT2D eigenvalue weighted by Crippen LogP contribution is 2.31. The highest BCUT2D eigenvalue weighted by Gasteiger charge is 2.26. The first-order valence-corrected chi connectivity index (χ1v) is 13.1. The third-order valence-corrected chi connectivity index (χ3v) is 7.48. The van der Waals surface area contributed by atoms with Crippen LogP contribution in [-0.2, 0) is 4.79 Å². The van der Waals surface area contributed by atoms with E-state index in [-0.39, 0.29) is 23.0 Å². The number of benzene rings is 2. The van der Waals surface area contributed by atoms with Crippen LogP contribution in [0, 0.1) is 11.7 Å². The molecule has 35 heavy (non-hydrogen) atoms. The van der Waals surface area contributed by atoms with Crippen LogP contribution in [-0.4, -0.2) is 34.7 Å². The maximum Gasteiger partial charge on any atom is 0.272 e. The van der Waals surface area contributed by atoms with Crippen LogP contribution in [0.2, 0.25) is 5.02 Å². The first kappa shape index (κ1) is 25.6. The molecular formula is C26H29BrClFN4O2. The van der Waals surface area contributed by atoms with Crippen LogP contribution in [0.15, 0.2) is 40.9 Å². The molecule has 0 spiro atoms. The molecule has 0 unspecified atom stereocenters. The van der Waals surface area contributed by atoms with E-state index in [1.165, 1.54) is 23.1 Å². The molecule has 2 amide bonds. The number of nitrogens with one attached hydrogen (secondary N) is 1. The minimum absolute atomic E-state index is 0.0992. The molecule has 1 aromatic heterocycles. The minimum atomic E-state index is -0.429. The van der Waals surface area contributed by atoms with Crippen molar-refractivity contribution in [2.75, 3.05) is 11.4 Å². The Morgan fingerprint density at radius 2 is 2.00 bits per heavy atom. The highest BCUT2D eigenvalue weighted by molar-refractivity contribution is 9.10. The number of hydrogen-bond acceptors (Lipinski definition) is 3. The van der Waals surface area contributed by atoms with Crippen LogP contribution in [0.3, 0.4) is 0 Å². The van der Waals surface area contributed by atoms with Gasteiger partial charge in [-0.1, -0.05) is 27.5 Å². The largest absolute Gasteiger partial charge is 0.348 e. The fourth-order valence-electron chi connectivity index (χ4n) is 4.79. The Morgan fingerprint density at radius 1 is 1.26 bits per heavy atom. The van der Waals surface area contributed by atoms with Crippen LogP contribution in [0.5, 0.6) is 0 Å². The summed E-state index contributed by atoms with van der Waals surface area (Å²) in [5, 5.41) is 8.88. The van der Waals surface area contributed by atoms with Gasteiger partial charge in [-0.2, -0.15) is 5.10 Å². The number of amides is 2. The van der Waals surface area contributed by atoms with Gasteiger partial charge in [-0.05, 0) is 88.3 Å². The zero-order valence-electron chi connectivity index (χ0n) is 19.8. The molecule has 0 saturated heterocycles. The topological polar surface area (TPSA) is 67.2 Å². The number of nitrogens with zero attached hydrogens (tertiary/aromatic N) is 3. The summed E-state index contributed by atoms with van der Waals surface area (Å²) in [7, 11) is 0. The highest BCUT2D eigenvalue weighted by atomic mass is 79.9. The van der Waals surface area contributed by atoms with Gasteiger partial charge in [0, 0.05) is 28.5 Å². The second-order valence-electron chi connectivity index (χ2n) is 9.42. The fourth-order valence-corrected chi connectivity index (χ4v) is 5.41. The second kappa shape index (κ2) is 11.1. The van der Waals surface area contributed by atoms with Crippen LogP contribution >= 0.6 is 27.5 Å². The van der Waals surface area contributed by atoms with Gasteiger partial charge in [-0.25, -0.2) is 4.39 Å². The molecule has 6 nitrogen and oxygen atoms in total. The van der Waals surface area contributed by atoms with Gasteiger partial charge >= 0.3 is 0 Å². The lowest BCUT2D eigenvalue weighted by atomic mass is 9.84. The number of hydrogen-bond donors (Lipinski definition) is 1. The molecule has 1 heterocycles. The molecule has 1 aliphatic rings. The van der Waals surface area contributed by atoms with E-state index in [0.717, 1.165) is 53.9 Å². The van der Waals surface area contributed by atoms with Gasteiger partial charge in [0.15, 0.2) is 5.69 Å². The first-order chi connectivity index (χ1) is 16.8. The molecule has 9 heteroatoms. The van der Waals surface area contributed by atoms with Crippen LogP contribution in [0.25, 0.3) is 10.9 Å². The lowest BCUT2D eigenvalue weighted by Crippen LogP contribution is -2.38. The number of rotatable bonds is 8. The van der Waals surface area contributed by atoms with E-state index in [9.17, 15) is 14.0 Å². The standard InChI is InChI=1S/C26H29BrClFN4O2/c1-16(2)33-24-13-18(27)5-9-21(24)25(31-33)26(35)30-20-7-3-17(4-8-20)11-12-32(15-34)23-10-6-19(29)14-22(23)28/h5-6,9-10,13-17,20H,3-4,7-8,11-12H2,1-2H3,(H,30,35). The van der Waals surface area contributed by atoms with Gasteiger partial charge < -0.3 is 10.2 Å². The molecule has 2 aromatic carbocycles. The number of halogens is 3. The predicted molar refractivity (Wildman–Crippen MR) is 140 cm³/mol. The Morgan fingerprint density at radius 3 is 2.66 bits per heavy atom. The Kier molecular flexibility index (Phi) is 8.12. The molecule has 0 radical (unpaired) electrons. The monoisotopic (exact) mass is 562 g/mol. The third-order valence-electron chi connectivity index (χ3n) is 6.68. The molecular weight excluding hydrogens is 535 g/mol. The number of fused-ring (bicyclic) bond motifs is 1. The zero-order valence-corrected chi connectivity index (χ0v) is 22.2. The van der Waals surface area contributed by atoms with Crippen molar-refractivity contribution in [3.8, 4) is 0 Å². The molecule has 3 aromatic rings. The summed E-state index contributed by atoms with van der Waals surface area (Å²) in [6.07, 6.45) is 5.24. The molecule has 1 fully saturated rings. The smallest absolute Gasteiger partial charge is 0.272 e. The Hall–Kier alpha value is -2.45. The van der Waals surface area contributed by atoms with Gasteiger partial charge in [0.05, 0.1) is 16.2 Å². The molecule has 1 N–H and O–H groups in total. The molecule has 0 aliphatic heterocycles. The van der Waals surface area contributed by atoms with Crippen molar-refractivity contribution in [2.45, 2.75) is 58.0 Å². The van der Waals surface area contributed by atoms with Crippen molar-refractivity contribution in [2.24, 2.45) is 5.92 Å². The summed E-state index contributed by atoms with van der Waals surface area (Å²) in [6.45, 7) is 4.61. The van der Waals surface area contributed by atoms with Crippen molar-refractivity contribution in [3.05, 3.63) is 57.4 Å². The Balaban J connectivity index is 1.33. The Bertz CT molecular complexity index is 1220. The van der Waals surface area contributed by atoms with Gasteiger partial charge in [0.2, 0.25) is 6.41 Å². The summed E-state index contributed by atoms with van der Waals surface area (Å²) < 4.78 is 16.2. The number of carbonyl (C=O) groups excluding carboxylic acids is 2. The summed E-state index contributed by atoms with van der Waals surface area (Å²) >= 11 is 9.62. The van der Waals surface area contributed by atoms with Crippen molar-refractivity contribution in [3.63, 3.8) is 0 Å².